The number of benzene rings is 2. The van der Waals surface area contributed by atoms with E-state index in [1.165, 1.54) is 0 Å². The fourth-order valence-corrected chi connectivity index (χ4v) is 1.80. The molecule has 0 saturated carbocycles. The van der Waals surface area contributed by atoms with Gasteiger partial charge in [0.2, 0.25) is 0 Å². The summed E-state index contributed by atoms with van der Waals surface area (Å²) in [7, 11) is 1.67. The second kappa shape index (κ2) is 5.48. The van der Waals surface area contributed by atoms with Gasteiger partial charge in [-0.05, 0) is 34.5 Å². The third-order valence-corrected chi connectivity index (χ3v) is 2.80. The monoisotopic (exact) mass is 264 g/mol. The molecule has 2 aromatic carbocycles. The highest BCUT2D eigenvalue weighted by atomic mass is 35.5. The average Bonchev–Trinajstić information content (AvgIpc) is 2.35. The molecule has 0 aromatic heterocycles. The van der Waals surface area contributed by atoms with E-state index in [0.29, 0.717) is 0 Å². The standard InChI is InChI=1S/C13H11BCl2O/c1-17-13-5-4-11-8-10(6-7-14(15)16)2-3-12(11)9-13/h2-9H,1H3/b7-6+. The van der Waals surface area contributed by atoms with Crippen LogP contribution in [0.1, 0.15) is 5.56 Å². The molecule has 0 atom stereocenters. The zero-order chi connectivity index (χ0) is 12.3. The summed E-state index contributed by atoms with van der Waals surface area (Å²) < 4.78 is 5.18. The van der Waals surface area contributed by atoms with Crippen molar-refractivity contribution in [2.24, 2.45) is 0 Å². The zero-order valence-corrected chi connectivity index (χ0v) is 10.9. The molecule has 0 bridgehead atoms. The first-order valence-corrected chi connectivity index (χ1v) is 6.10. The van der Waals surface area contributed by atoms with Crippen molar-refractivity contribution >= 4 is 45.3 Å². The second-order valence-electron chi connectivity index (χ2n) is 3.67. The molecule has 0 fully saturated rings. The number of methoxy groups -OCH3 is 1. The molecule has 4 heteroatoms. The van der Waals surface area contributed by atoms with E-state index in [9.17, 15) is 0 Å². The van der Waals surface area contributed by atoms with Crippen molar-refractivity contribution in [3.63, 3.8) is 0 Å². The molecule has 2 aromatic rings. The highest BCUT2D eigenvalue weighted by Gasteiger charge is 1.99. The Balaban J connectivity index is 2.38. The van der Waals surface area contributed by atoms with Gasteiger partial charge in [-0.3, -0.25) is 0 Å². The average molecular weight is 265 g/mol. The van der Waals surface area contributed by atoms with Gasteiger partial charge in [0, 0.05) is 0 Å². The van der Waals surface area contributed by atoms with Gasteiger partial charge in [0.05, 0.1) is 7.11 Å². The molecule has 0 aliphatic rings. The summed E-state index contributed by atoms with van der Waals surface area (Å²) in [5.41, 5.74) is 0.607. The Morgan fingerprint density at radius 2 is 1.76 bits per heavy atom. The van der Waals surface area contributed by atoms with E-state index in [1.807, 2.05) is 30.3 Å². The van der Waals surface area contributed by atoms with Crippen LogP contribution in [-0.2, 0) is 0 Å². The predicted octanol–water partition coefficient (Wildman–Crippen LogP) is 4.37. The molecule has 0 amide bonds. The second-order valence-corrected chi connectivity index (χ2v) is 4.83. The zero-order valence-electron chi connectivity index (χ0n) is 9.36. The molecule has 0 aliphatic carbocycles. The topological polar surface area (TPSA) is 9.23 Å². The highest BCUT2D eigenvalue weighted by molar-refractivity contribution is 7.36. The first-order valence-electron chi connectivity index (χ1n) is 5.23. The molecule has 1 nitrogen and oxygen atoms in total. The Morgan fingerprint density at radius 1 is 1.06 bits per heavy atom. The Bertz CT molecular complexity index is 552. The number of hydrogen-bond acceptors (Lipinski definition) is 1. The van der Waals surface area contributed by atoms with Crippen LogP contribution in [0.4, 0.5) is 0 Å². The normalized spacial score (nSPS) is 11.0. The van der Waals surface area contributed by atoms with Crippen LogP contribution in [-0.4, -0.2) is 12.7 Å². The minimum Gasteiger partial charge on any atom is -0.497 e. The van der Waals surface area contributed by atoms with Crippen LogP contribution in [0.15, 0.2) is 42.4 Å². The third kappa shape index (κ3) is 3.18. The Labute approximate surface area is 111 Å². The SMILES string of the molecule is COc1ccc2cc(/C=C/B(Cl)Cl)ccc2c1. The summed E-state index contributed by atoms with van der Waals surface area (Å²) in [6, 6.07) is 12.1. The van der Waals surface area contributed by atoms with Gasteiger partial charge < -0.3 is 4.74 Å². The van der Waals surface area contributed by atoms with Gasteiger partial charge in [0.25, 0.3) is 0 Å². The largest absolute Gasteiger partial charge is 0.497 e. The molecule has 0 aliphatic heterocycles. The van der Waals surface area contributed by atoms with Gasteiger partial charge in [0.1, 0.15) is 5.75 Å². The fourth-order valence-electron chi connectivity index (χ4n) is 1.66. The van der Waals surface area contributed by atoms with Crippen molar-refractivity contribution in [1.82, 2.24) is 0 Å². The van der Waals surface area contributed by atoms with Crippen LogP contribution in [0.5, 0.6) is 5.75 Å². The van der Waals surface area contributed by atoms with E-state index >= 15 is 0 Å². The maximum atomic E-state index is 5.65. The number of halogens is 2. The lowest BCUT2D eigenvalue weighted by atomic mass is 10.0. The number of rotatable bonds is 3. The highest BCUT2D eigenvalue weighted by Crippen LogP contribution is 2.22. The summed E-state index contributed by atoms with van der Waals surface area (Å²) in [5.74, 6) is 2.61. The van der Waals surface area contributed by atoms with E-state index in [4.69, 9.17) is 27.7 Å². The van der Waals surface area contributed by atoms with E-state index < -0.39 is 5.54 Å². The smallest absolute Gasteiger partial charge is 0.375 e. The fraction of sp³-hybridized carbons (Fsp3) is 0.0769. The van der Waals surface area contributed by atoms with Crippen LogP contribution in [0.25, 0.3) is 16.8 Å². The molecule has 0 radical (unpaired) electrons. The molecule has 0 saturated heterocycles. The first-order chi connectivity index (χ1) is 8.19. The molecule has 17 heavy (non-hydrogen) atoms. The molecule has 2 rings (SSSR count). The van der Waals surface area contributed by atoms with E-state index in [0.717, 1.165) is 22.1 Å². The van der Waals surface area contributed by atoms with Gasteiger partial charge in [-0.25, -0.2) is 0 Å². The van der Waals surface area contributed by atoms with Gasteiger partial charge in [-0.2, -0.15) is 22.9 Å². The van der Waals surface area contributed by atoms with Gasteiger partial charge >= 0.3 is 5.54 Å². The van der Waals surface area contributed by atoms with Crippen molar-refractivity contribution in [2.45, 2.75) is 0 Å². The summed E-state index contributed by atoms with van der Waals surface area (Å²) >= 11 is 11.3. The molecular weight excluding hydrogens is 254 g/mol. The Hall–Kier alpha value is -1.12. The van der Waals surface area contributed by atoms with Crippen molar-refractivity contribution in [2.75, 3.05) is 7.11 Å². The first kappa shape index (κ1) is 12.3. The summed E-state index contributed by atoms with van der Waals surface area (Å²) in [4.78, 5) is 0. The van der Waals surface area contributed by atoms with Crippen LogP contribution in [0.3, 0.4) is 0 Å². The lowest BCUT2D eigenvalue weighted by molar-refractivity contribution is 0.415. The molecule has 86 valence electrons. The Kier molecular flexibility index (Phi) is 3.98. The Morgan fingerprint density at radius 3 is 2.47 bits per heavy atom. The number of fused-ring (bicyclic) bond motifs is 1. The number of hydrogen-bond donors (Lipinski definition) is 0. The van der Waals surface area contributed by atoms with Gasteiger partial charge in [-0.1, -0.05) is 30.3 Å². The molecule has 0 N–H and O–H groups in total. The number of ether oxygens (including phenoxy) is 1. The molecular formula is C13H11BCl2O. The van der Waals surface area contributed by atoms with Gasteiger partial charge in [0.15, 0.2) is 0 Å². The minimum absolute atomic E-state index is 0.471. The van der Waals surface area contributed by atoms with Crippen molar-refractivity contribution in [1.29, 1.82) is 0 Å². The van der Waals surface area contributed by atoms with Crippen LogP contribution in [0.2, 0.25) is 0 Å². The molecule has 0 spiro atoms. The van der Waals surface area contributed by atoms with Crippen molar-refractivity contribution in [3.8, 4) is 5.75 Å². The third-order valence-electron chi connectivity index (χ3n) is 2.51. The molecule has 0 unspecified atom stereocenters. The quantitative estimate of drug-likeness (QED) is 0.749. The van der Waals surface area contributed by atoms with Crippen molar-refractivity contribution in [3.05, 3.63) is 47.9 Å². The predicted molar refractivity (Wildman–Crippen MR) is 77.0 cm³/mol. The minimum atomic E-state index is -0.471. The van der Waals surface area contributed by atoms with E-state index in [-0.39, 0.29) is 0 Å². The van der Waals surface area contributed by atoms with Gasteiger partial charge in [-0.15, -0.1) is 0 Å². The van der Waals surface area contributed by atoms with E-state index in [2.05, 4.69) is 12.1 Å². The van der Waals surface area contributed by atoms with Crippen molar-refractivity contribution < 1.29 is 4.74 Å². The lowest BCUT2D eigenvalue weighted by Crippen LogP contribution is -1.85. The summed E-state index contributed by atoms with van der Waals surface area (Å²) in [5, 5.41) is 2.31. The van der Waals surface area contributed by atoms with Crippen LogP contribution >= 0.6 is 22.9 Å². The maximum Gasteiger partial charge on any atom is 0.375 e. The van der Waals surface area contributed by atoms with Crippen LogP contribution < -0.4 is 4.74 Å². The summed E-state index contributed by atoms with van der Waals surface area (Å²) in [6.07, 6.45) is 1.91. The molecule has 0 heterocycles. The maximum absolute atomic E-state index is 5.65. The van der Waals surface area contributed by atoms with E-state index in [1.54, 1.807) is 13.1 Å². The summed E-state index contributed by atoms with van der Waals surface area (Å²) in [6.45, 7) is 0. The lowest BCUT2D eigenvalue weighted by Gasteiger charge is -2.03. The van der Waals surface area contributed by atoms with Crippen LogP contribution in [0, 0.1) is 0 Å².